The quantitative estimate of drug-likeness (QED) is 0.818. The molecule has 3 aliphatic rings. The molecule has 3 fully saturated rings. The van der Waals surface area contributed by atoms with E-state index in [0.29, 0.717) is 30.5 Å². The van der Waals surface area contributed by atoms with Gasteiger partial charge in [-0.1, -0.05) is 0 Å². The lowest BCUT2D eigenvalue weighted by molar-refractivity contribution is 0.0692. The second kappa shape index (κ2) is 6.50. The summed E-state index contributed by atoms with van der Waals surface area (Å²) < 4.78 is 13.8. The lowest BCUT2D eigenvalue weighted by Crippen LogP contribution is -2.46. The summed E-state index contributed by atoms with van der Waals surface area (Å²) in [7, 11) is 0. The van der Waals surface area contributed by atoms with Crippen molar-refractivity contribution in [2.75, 3.05) is 24.5 Å². The summed E-state index contributed by atoms with van der Waals surface area (Å²) in [4.78, 5) is 30.8. The molecule has 2 aromatic rings. The molecule has 146 valence electrons. The molecule has 1 aliphatic carbocycles. The summed E-state index contributed by atoms with van der Waals surface area (Å²) in [6, 6.07) is 3.54. The molecule has 5 rings (SSSR count). The summed E-state index contributed by atoms with van der Waals surface area (Å²) in [6.45, 7) is 6.12. The molecule has 6 nitrogen and oxygen atoms in total. The van der Waals surface area contributed by atoms with Crippen LogP contribution in [0.3, 0.4) is 0 Å². The number of likely N-dealkylation sites (tertiary alicyclic amines) is 1. The van der Waals surface area contributed by atoms with E-state index in [9.17, 15) is 9.18 Å². The van der Waals surface area contributed by atoms with E-state index in [0.717, 1.165) is 48.8 Å². The van der Waals surface area contributed by atoms with Gasteiger partial charge in [0, 0.05) is 43.0 Å². The second-order valence-corrected chi connectivity index (χ2v) is 8.43. The van der Waals surface area contributed by atoms with Crippen molar-refractivity contribution in [2.24, 2.45) is 5.92 Å². The Bertz CT molecular complexity index is 924. The molecular formula is C21H24FN5O. The van der Waals surface area contributed by atoms with Crippen LogP contribution >= 0.6 is 0 Å². The molecule has 7 heteroatoms. The van der Waals surface area contributed by atoms with E-state index in [1.807, 2.05) is 24.8 Å². The predicted octanol–water partition coefficient (Wildman–Crippen LogP) is 2.86. The number of anilines is 1. The van der Waals surface area contributed by atoms with Crippen LogP contribution in [0.4, 0.5) is 10.3 Å². The van der Waals surface area contributed by atoms with Crippen molar-refractivity contribution in [2.45, 2.75) is 45.1 Å². The lowest BCUT2D eigenvalue weighted by Gasteiger charge is -2.33. The molecule has 2 aliphatic heterocycles. The number of rotatable bonds is 3. The van der Waals surface area contributed by atoms with Crippen molar-refractivity contribution in [1.29, 1.82) is 0 Å². The fourth-order valence-corrected chi connectivity index (χ4v) is 4.68. The van der Waals surface area contributed by atoms with Crippen LogP contribution in [0.5, 0.6) is 0 Å². The van der Waals surface area contributed by atoms with E-state index >= 15 is 0 Å². The maximum atomic E-state index is 13.8. The summed E-state index contributed by atoms with van der Waals surface area (Å²) in [5.74, 6) is 0.911. The van der Waals surface area contributed by atoms with E-state index in [1.165, 1.54) is 12.3 Å². The van der Waals surface area contributed by atoms with E-state index in [-0.39, 0.29) is 11.9 Å². The third kappa shape index (κ3) is 3.12. The zero-order valence-corrected chi connectivity index (χ0v) is 16.2. The monoisotopic (exact) mass is 381 g/mol. The van der Waals surface area contributed by atoms with Crippen molar-refractivity contribution >= 4 is 11.9 Å². The van der Waals surface area contributed by atoms with Gasteiger partial charge in [0.1, 0.15) is 5.82 Å². The smallest absolute Gasteiger partial charge is 0.255 e. The first-order valence-electron chi connectivity index (χ1n) is 10.0. The number of fused-ring (bicyclic) bond motifs is 2. The Kier molecular flexibility index (Phi) is 4.07. The van der Waals surface area contributed by atoms with E-state index < -0.39 is 5.82 Å². The van der Waals surface area contributed by atoms with E-state index in [2.05, 4.69) is 19.9 Å². The molecule has 28 heavy (non-hydrogen) atoms. The number of aryl methyl sites for hydroxylation is 2. The first-order valence-corrected chi connectivity index (χ1v) is 10.0. The number of halogens is 1. The topological polar surface area (TPSA) is 62.2 Å². The summed E-state index contributed by atoms with van der Waals surface area (Å²) >= 11 is 0. The Morgan fingerprint density at radius 2 is 1.86 bits per heavy atom. The summed E-state index contributed by atoms with van der Waals surface area (Å²) in [6.07, 6.45) is 4.32. The molecule has 1 saturated carbocycles. The van der Waals surface area contributed by atoms with Gasteiger partial charge in [-0.05, 0) is 51.2 Å². The molecule has 0 N–H and O–H groups in total. The van der Waals surface area contributed by atoms with Gasteiger partial charge in [0.15, 0.2) is 0 Å². The predicted molar refractivity (Wildman–Crippen MR) is 103 cm³/mol. The van der Waals surface area contributed by atoms with Gasteiger partial charge >= 0.3 is 0 Å². The third-order valence-corrected chi connectivity index (χ3v) is 6.00. The minimum absolute atomic E-state index is 0.0909. The molecular weight excluding hydrogens is 357 g/mol. The van der Waals surface area contributed by atoms with Gasteiger partial charge in [-0.25, -0.2) is 14.4 Å². The van der Waals surface area contributed by atoms with Crippen LogP contribution in [-0.4, -0.2) is 51.4 Å². The Morgan fingerprint density at radius 1 is 1.11 bits per heavy atom. The molecule has 0 spiro atoms. The standard InChI is InChI=1S/C21H24FN5O/c1-12-5-13(2)25-21(24-12)27-10-14-6-17(27)11-26(9-14)20(28)18-7-16(22)8-23-19(18)15-3-4-15/h5,7-8,14-15,17H,3-4,6,9-11H2,1-2H3. The Labute approximate surface area is 163 Å². The number of pyridine rings is 1. The van der Waals surface area contributed by atoms with Gasteiger partial charge in [-0.3, -0.25) is 9.78 Å². The number of amides is 1. The van der Waals surface area contributed by atoms with Crippen molar-refractivity contribution in [3.8, 4) is 0 Å². The molecule has 0 radical (unpaired) electrons. The van der Waals surface area contributed by atoms with Crippen LogP contribution < -0.4 is 4.90 Å². The maximum absolute atomic E-state index is 13.8. The van der Waals surface area contributed by atoms with Crippen LogP contribution in [0.25, 0.3) is 0 Å². The van der Waals surface area contributed by atoms with Crippen molar-refractivity contribution in [1.82, 2.24) is 19.9 Å². The van der Waals surface area contributed by atoms with Crippen LogP contribution in [-0.2, 0) is 0 Å². The number of carbonyl (C=O) groups is 1. The van der Waals surface area contributed by atoms with Gasteiger partial charge in [0.05, 0.1) is 17.5 Å². The number of carbonyl (C=O) groups excluding carboxylic acids is 1. The Morgan fingerprint density at radius 3 is 2.57 bits per heavy atom. The second-order valence-electron chi connectivity index (χ2n) is 8.43. The fraction of sp³-hybridized carbons (Fsp3) is 0.524. The average Bonchev–Trinajstić information content (AvgIpc) is 3.45. The molecule has 1 amide bonds. The fourth-order valence-electron chi connectivity index (χ4n) is 4.68. The minimum atomic E-state index is -0.446. The van der Waals surface area contributed by atoms with Crippen LogP contribution in [0.2, 0.25) is 0 Å². The number of hydrogen-bond donors (Lipinski definition) is 0. The average molecular weight is 381 g/mol. The van der Waals surface area contributed by atoms with Gasteiger partial charge in [-0.2, -0.15) is 0 Å². The minimum Gasteiger partial charge on any atom is -0.336 e. The molecule has 2 atom stereocenters. The van der Waals surface area contributed by atoms with E-state index in [1.54, 1.807) is 0 Å². The van der Waals surface area contributed by atoms with Gasteiger partial charge in [-0.15, -0.1) is 0 Å². The first kappa shape index (κ1) is 17.5. The highest BCUT2D eigenvalue weighted by Crippen LogP contribution is 2.41. The normalized spacial score (nSPS) is 24.0. The maximum Gasteiger partial charge on any atom is 0.255 e. The van der Waals surface area contributed by atoms with Crippen LogP contribution in [0.15, 0.2) is 18.3 Å². The van der Waals surface area contributed by atoms with Crippen LogP contribution in [0.1, 0.15) is 52.6 Å². The summed E-state index contributed by atoms with van der Waals surface area (Å²) in [5.41, 5.74) is 3.12. The molecule has 2 bridgehead atoms. The molecule has 0 aromatic carbocycles. The number of nitrogens with zero attached hydrogens (tertiary/aromatic N) is 5. The van der Waals surface area contributed by atoms with Crippen molar-refractivity contribution < 1.29 is 9.18 Å². The summed E-state index contributed by atoms with van der Waals surface area (Å²) in [5, 5.41) is 0. The SMILES string of the molecule is Cc1cc(C)nc(N2CC3CC2CN(C(=O)c2cc(F)cnc2C2CC2)C3)n1. The molecule has 2 saturated heterocycles. The molecule has 2 unspecified atom stereocenters. The van der Waals surface area contributed by atoms with Gasteiger partial charge in [0.2, 0.25) is 5.95 Å². The van der Waals surface area contributed by atoms with Gasteiger partial charge < -0.3 is 9.80 Å². The number of aromatic nitrogens is 3. The number of hydrogen-bond acceptors (Lipinski definition) is 5. The zero-order valence-electron chi connectivity index (χ0n) is 16.2. The largest absolute Gasteiger partial charge is 0.336 e. The molecule has 4 heterocycles. The molecule has 2 aromatic heterocycles. The zero-order chi connectivity index (χ0) is 19.4. The van der Waals surface area contributed by atoms with Crippen molar-refractivity contribution in [3.05, 3.63) is 46.8 Å². The van der Waals surface area contributed by atoms with Crippen molar-refractivity contribution in [3.63, 3.8) is 0 Å². The third-order valence-electron chi connectivity index (χ3n) is 6.00. The highest BCUT2D eigenvalue weighted by atomic mass is 19.1. The highest BCUT2D eigenvalue weighted by molar-refractivity contribution is 5.95. The van der Waals surface area contributed by atoms with Crippen LogP contribution in [0, 0.1) is 25.6 Å². The first-order chi connectivity index (χ1) is 13.5. The Hall–Kier alpha value is -2.57. The number of piperidine rings is 1. The highest BCUT2D eigenvalue weighted by Gasteiger charge is 2.42. The Balaban J connectivity index is 1.40. The van der Waals surface area contributed by atoms with E-state index in [4.69, 9.17) is 0 Å². The lowest BCUT2D eigenvalue weighted by atomic mass is 9.98. The van der Waals surface area contributed by atoms with Gasteiger partial charge in [0.25, 0.3) is 5.91 Å².